The lowest BCUT2D eigenvalue weighted by atomic mass is 9.96. The van der Waals surface area contributed by atoms with Gasteiger partial charge >= 0.3 is 0 Å². The highest BCUT2D eigenvalue weighted by atomic mass is 16.2. The summed E-state index contributed by atoms with van der Waals surface area (Å²) < 4.78 is 0. The van der Waals surface area contributed by atoms with Gasteiger partial charge in [0.05, 0.1) is 0 Å². The van der Waals surface area contributed by atoms with Crippen LogP contribution in [0.3, 0.4) is 0 Å². The number of hydrogen-bond donors (Lipinski definition) is 1. The Morgan fingerprint density at radius 1 is 1.44 bits per heavy atom. The maximum atomic E-state index is 12.4. The Morgan fingerprint density at radius 3 is 2.83 bits per heavy atom. The average molecular weight is 246 g/mol. The molecule has 1 heterocycles. The minimum atomic E-state index is -0.447. The molecule has 1 aromatic carbocycles. The molecule has 3 nitrogen and oxygen atoms in total. The summed E-state index contributed by atoms with van der Waals surface area (Å²) in [7, 11) is 0. The number of fused-ring (bicyclic) bond motifs is 1. The van der Waals surface area contributed by atoms with E-state index in [-0.39, 0.29) is 5.91 Å². The summed E-state index contributed by atoms with van der Waals surface area (Å²) in [5.74, 6) is 0.137. The maximum Gasteiger partial charge on any atom is 0.228 e. The molecule has 0 bridgehead atoms. The molecule has 1 aromatic rings. The molecule has 1 amide bonds. The van der Waals surface area contributed by atoms with Crippen LogP contribution in [0.1, 0.15) is 37.8 Å². The van der Waals surface area contributed by atoms with E-state index in [1.165, 1.54) is 11.1 Å². The minimum absolute atomic E-state index is 0.137. The van der Waals surface area contributed by atoms with E-state index in [2.05, 4.69) is 25.1 Å². The van der Waals surface area contributed by atoms with Gasteiger partial charge in [-0.15, -0.1) is 0 Å². The van der Waals surface area contributed by atoms with Gasteiger partial charge in [-0.2, -0.15) is 0 Å². The normalized spacial score (nSPS) is 15.4. The van der Waals surface area contributed by atoms with Gasteiger partial charge in [0.2, 0.25) is 5.91 Å². The Morgan fingerprint density at radius 2 is 2.17 bits per heavy atom. The van der Waals surface area contributed by atoms with Crippen molar-refractivity contribution in [3.8, 4) is 0 Å². The van der Waals surface area contributed by atoms with E-state index in [1.807, 2.05) is 18.7 Å². The zero-order valence-electron chi connectivity index (χ0n) is 11.5. The molecule has 0 fully saturated rings. The Hall–Kier alpha value is -1.35. The standard InChI is InChI=1S/C15H22N2O/c1-11-6-4-7-12-8-5-9-17(14(11)12)13(18)10-15(2,3)16/h4,6-7H,5,8-10,16H2,1-3H3. The molecule has 18 heavy (non-hydrogen) atoms. The Bertz CT molecular complexity index is 460. The highest BCUT2D eigenvalue weighted by Crippen LogP contribution is 2.31. The number of anilines is 1. The smallest absolute Gasteiger partial charge is 0.228 e. The van der Waals surface area contributed by atoms with Crippen LogP contribution in [0.5, 0.6) is 0 Å². The van der Waals surface area contributed by atoms with Crippen molar-refractivity contribution >= 4 is 11.6 Å². The van der Waals surface area contributed by atoms with E-state index in [4.69, 9.17) is 5.73 Å². The monoisotopic (exact) mass is 246 g/mol. The highest BCUT2D eigenvalue weighted by molar-refractivity contribution is 5.96. The minimum Gasteiger partial charge on any atom is -0.325 e. The van der Waals surface area contributed by atoms with Crippen LogP contribution in [-0.2, 0) is 11.2 Å². The summed E-state index contributed by atoms with van der Waals surface area (Å²) in [6.45, 7) is 6.67. The predicted molar refractivity (Wildman–Crippen MR) is 74.7 cm³/mol. The Labute approximate surface area is 109 Å². The van der Waals surface area contributed by atoms with Gasteiger partial charge in [-0.1, -0.05) is 18.2 Å². The van der Waals surface area contributed by atoms with Crippen LogP contribution in [0, 0.1) is 6.92 Å². The van der Waals surface area contributed by atoms with E-state index < -0.39 is 5.54 Å². The molecular weight excluding hydrogens is 224 g/mol. The zero-order valence-corrected chi connectivity index (χ0v) is 11.5. The van der Waals surface area contributed by atoms with Gasteiger partial charge < -0.3 is 10.6 Å². The van der Waals surface area contributed by atoms with E-state index >= 15 is 0 Å². The van der Waals surface area contributed by atoms with Crippen molar-refractivity contribution < 1.29 is 4.79 Å². The van der Waals surface area contributed by atoms with Crippen molar-refractivity contribution in [1.82, 2.24) is 0 Å². The first kappa shape index (κ1) is 13.1. The molecule has 1 aliphatic rings. The second-order valence-corrected chi connectivity index (χ2v) is 5.90. The molecular formula is C15H22N2O. The third-order valence-corrected chi connectivity index (χ3v) is 3.33. The largest absolute Gasteiger partial charge is 0.325 e. The van der Waals surface area contributed by atoms with Crippen LogP contribution in [0.25, 0.3) is 0 Å². The summed E-state index contributed by atoms with van der Waals surface area (Å²) in [6, 6.07) is 6.25. The van der Waals surface area contributed by atoms with Crippen LogP contribution >= 0.6 is 0 Å². The number of nitrogens with zero attached hydrogens (tertiary/aromatic N) is 1. The molecule has 0 aromatic heterocycles. The SMILES string of the molecule is Cc1cccc2c1N(C(=O)CC(C)(C)N)CCC2. The van der Waals surface area contributed by atoms with Gasteiger partial charge in [0.15, 0.2) is 0 Å². The van der Waals surface area contributed by atoms with Crippen molar-refractivity contribution in [3.63, 3.8) is 0 Å². The zero-order chi connectivity index (χ0) is 13.3. The first-order chi connectivity index (χ1) is 8.38. The first-order valence-electron chi connectivity index (χ1n) is 6.56. The molecule has 0 aliphatic carbocycles. The topological polar surface area (TPSA) is 46.3 Å². The summed E-state index contributed by atoms with van der Waals surface area (Å²) >= 11 is 0. The molecule has 98 valence electrons. The van der Waals surface area contributed by atoms with E-state index in [0.29, 0.717) is 6.42 Å². The van der Waals surface area contributed by atoms with E-state index in [1.54, 1.807) is 0 Å². The number of aryl methyl sites for hydroxylation is 2. The third kappa shape index (κ3) is 2.72. The van der Waals surface area contributed by atoms with Gasteiger partial charge in [-0.3, -0.25) is 4.79 Å². The fourth-order valence-electron chi connectivity index (χ4n) is 2.58. The fraction of sp³-hybridized carbons (Fsp3) is 0.533. The molecule has 0 saturated heterocycles. The van der Waals surface area contributed by atoms with Crippen LogP contribution in [0.2, 0.25) is 0 Å². The van der Waals surface area contributed by atoms with Gasteiger partial charge in [0, 0.05) is 24.2 Å². The first-order valence-corrected chi connectivity index (χ1v) is 6.56. The predicted octanol–water partition coefficient (Wildman–Crippen LogP) is 2.40. The number of carbonyl (C=O) groups excluding carboxylic acids is 1. The summed E-state index contributed by atoms with van der Waals surface area (Å²) in [4.78, 5) is 14.3. The van der Waals surface area contributed by atoms with Gasteiger partial charge in [-0.25, -0.2) is 0 Å². The van der Waals surface area contributed by atoms with Gasteiger partial charge in [-0.05, 0) is 44.7 Å². The second kappa shape index (κ2) is 4.73. The van der Waals surface area contributed by atoms with Crippen molar-refractivity contribution in [2.75, 3.05) is 11.4 Å². The summed E-state index contributed by atoms with van der Waals surface area (Å²) in [5, 5.41) is 0. The molecule has 2 N–H and O–H groups in total. The summed E-state index contributed by atoms with van der Waals surface area (Å²) in [6.07, 6.45) is 2.49. The van der Waals surface area contributed by atoms with Crippen LogP contribution in [0.15, 0.2) is 18.2 Å². The molecule has 1 aliphatic heterocycles. The number of rotatable bonds is 2. The Balaban J connectivity index is 2.30. The van der Waals surface area contributed by atoms with Crippen molar-refractivity contribution in [2.45, 2.75) is 45.6 Å². The number of para-hydroxylation sites is 1. The molecule has 3 heteroatoms. The number of amides is 1. The number of hydrogen-bond acceptors (Lipinski definition) is 2. The van der Waals surface area contributed by atoms with Gasteiger partial charge in [0.25, 0.3) is 0 Å². The van der Waals surface area contributed by atoms with Crippen LogP contribution in [0.4, 0.5) is 5.69 Å². The lowest BCUT2D eigenvalue weighted by Crippen LogP contribution is -2.43. The lowest BCUT2D eigenvalue weighted by Gasteiger charge is -2.33. The van der Waals surface area contributed by atoms with Gasteiger partial charge in [0.1, 0.15) is 0 Å². The highest BCUT2D eigenvalue weighted by Gasteiger charge is 2.27. The molecule has 2 rings (SSSR count). The van der Waals surface area contributed by atoms with Crippen molar-refractivity contribution in [2.24, 2.45) is 5.73 Å². The second-order valence-electron chi connectivity index (χ2n) is 5.90. The molecule has 0 spiro atoms. The third-order valence-electron chi connectivity index (χ3n) is 3.33. The Kier molecular flexibility index (Phi) is 3.44. The number of benzene rings is 1. The molecule has 0 saturated carbocycles. The molecule has 0 atom stereocenters. The average Bonchev–Trinajstić information content (AvgIpc) is 2.26. The molecule has 0 unspecified atom stereocenters. The number of carbonyl (C=O) groups is 1. The van der Waals surface area contributed by atoms with E-state index in [9.17, 15) is 4.79 Å². The van der Waals surface area contributed by atoms with E-state index in [0.717, 1.165) is 25.1 Å². The lowest BCUT2D eigenvalue weighted by molar-refractivity contribution is -0.119. The number of nitrogens with two attached hydrogens (primary N) is 1. The molecule has 0 radical (unpaired) electrons. The maximum absolute atomic E-state index is 12.4. The van der Waals surface area contributed by atoms with Crippen molar-refractivity contribution in [3.05, 3.63) is 29.3 Å². The fourth-order valence-corrected chi connectivity index (χ4v) is 2.58. The van der Waals surface area contributed by atoms with Crippen LogP contribution in [-0.4, -0.2) is 18.0 Å². The quantitative estimate of drug-likeness (QED) is 0.871. The van der Waals surface area contributed by atoms with Crippen molar-refractivity contribution in [1.29, 1.82) is 0 Å². The summed E-state index contributed by atoms with van der Waals surface area (Å²) in [5.41, 5.74) is 9.07. The van der Waals surface area contributed by atoms with Crippen LogP contribution < -0.4 is 10.6 Å².